The van der Waals surface area contributed by atoms with Crippen LogP contribution in [0.5, 0.6) is 0 Å². The molecule has 1 aromatic rings. The Hall–Kier alpha value is -1.13. The van der Waals surface area contributed by atoms with Crippen LogP contribution in [0.15, 0.2) is 12.3 Å². The number of ether oxygens (including phenoxy) is 1. The van der Waals surface area contributed by atoms with Crippen LogP contribution in [0.3, 0.4) is 0 Å². The lowest BCUT2D eigenvalue weighted by atomic mass is 10.1. The normalized spacial score (nSPS) is 18.6. The maximum atomic E-state index is 5.81. The smallest absolute Gasteiger partial charge is 0.0801 e. The van der Waals surface area contributed by atoms with Gasteiger partial charge in [0.15, 0.2) is 0 Å². The third-order valence-corrected chi connectivity index (χ3v) is 3.57. The van der Waals surface area contributed by atoms with Crippen LogP contribution in [0.25, 0.3) is 0 Å². The fourth-order valence-corrected chi connectivity index (χ4v) is 2.54. The molecule has 0 spiro atoms. The molecule has 0 bridgehead atoms. The van der Waals surface area contributed by atoms with Gasteiger partial charge in [-0.1, -0.05) is 13.8 Å². The van der Waals surface area contributed by atoms with Crippen LogP contribution >= 0.6 is 0 Å². The van der Waals surface area contributed by atoms with Crippen molar-refractivity contribution in [3.8, 4) is 0 Å². The Bertz CT molecular complexity index is 457. The lowest BCUT2D eigenvalue weighted by molar-refractivity contribution is -0.0277. The quantitative estimate of drug-likeness (QED) is 0.917. The number of aryl methyl sites for hydroxylation is 1. The Balaban J connectivity index is 2.22. The fraction of sp³-hybridized carbons (Fsp3) is 0.688. The Kier molecular flexibility index (Phi) is 4.66. The summed E-state index contributed by atoms with van der Waals surface area (Å²) in [7, 11) is 0. The van der Waals surface area contributed by atoms with Gasteiger partial charge in [-0.3, -0.25) is 4.98 Å². The predicted molar refractivity (Wildman–Crippen MR) is 83.2 cm³/mol. The number of hydrogen-bond donors (Lipinski definition) is 1. The van der Waals surface area contributed by atoms with Gasteiger partial charge in [0.2, 0.25) is 0 Å². The molecule has 1 aliphatic rings. The van der Waals surface area contributed by atoms with E-state index in [1.54, 1.807) is 0 Å². The lowest BCUT2D eigenvalue weighted by Crippen LogP contribution is -2.48. The van der Waals surface area contributed by atoms with E-state index in [2.05, 4.69) is 55.9 Å². The first-order chi connectivity index (χ1) is 9.37. The fourth-order valence-electron chi connectivity index (χ4n) is 2.54. The van der Waals surface area contributed by atoms with Gasteiger partial charge in [-0.2, -0.15) is 0 Å². The highest BCUT2D eigenvalue weighted by Gasteiger charge is 2.28. The molecule has 1 fully saturated rings. The molecule has 2 heterocycles. The Morgan fingerprint density at radius 2 is 2.20 bits per heavy atom. The lowest BCUT2D eigenvalue weighted by Gasteiger charge is -2.40. The summed E-state index contributed by atoms with van der Waals surface area (Å²) in [6, 6.07) is 2.67. The number of rotatable bonds is 4. The number of aromatic nitrogens is 1. The molecule has 2 rings (SSSR count). The molecule has 1 saturated heterocycles. The van der Waals surface area contributed by atoms with E-state index in [1.807, 2.05) is 6.20 Å². The van der Waals surface area contributed by atoms with Gasteiger partial charge in [-0.25, -0.2) is 0 Å². The molecule has 1 N–H and O–H groups in total. The Labute approximate surface area is 122 Å². The van der Waals surface area contributed by atoms with Crippen molar-refractivity contribution in [1.29, 1.82) is 0 Å². The summed E-state index contributed by atoms with van der Waals surface area (Å²) in [5.41, 5.74) is 3.54. The molecule has 0 saturated carbocycles. The summed E-state index contributed by atoms with van der Waals surface area (Å²) in [6.07, 6.45) is 2.00. The summed E-state index contributed by atoms with van der Waals surface area (Å²) in [4.78, 5) is 6.88. The topological polar surface area (TPSA) is 37.4 Å². The van der Waals surface area contributed by atoms with Crippen LogP contribution in [-0.4, -0.2) is 36.3 Å². The number of anilines is 1. The second-order valence-electron chi connectivity index (χ2n) is 6.52. The predicted octanol–water partition coefficient (Wildman–Crippen LogP) is 2.50. The van der Waals surface area contributed by atoms with Gasteiger partial charge in [0.25, 0.3) is 0 Å². The van der Waals surface area contributed by atoms with Crippen molar-refractivity contribution in [3.63, 3.8) is 0 Å². The van der Waals surface area contributed by atoms with E-state index in [9.17, 15) is 0 Å². The number of hydrogen-bond acceptors (Lipinski definition) is 4. The van der Waals surface area contributed by atoms with E-state index in [4.69, 9.17) is 4.74 Å². The van der Waals surface area contributed by atoms with Gasteiger partial charge in [0.05, 0.1) is 12.2 Å². The molecule has 0 radical (unpaired) electrons. The van der Waals surface area contributed by atoms with Gasteiger partial charge in [0.1, 0.15) is 0 Å². The van der Waals surface area contributed by atoms with Crippen LogP contribution in [0.4, 0.5) is 5.69 Å². The highest BCUT2D eigenvalue weighted by atomic mass is 16.5. The summed E-state index contributed by atoms with van der Waals surface area (Å²) in [5.74, 6) is 0. The minimum atomic E-state index is -0.0851. The standard InChI is InChI=1S/C16H27N3O/c1-12(2)17-9-14-10-18-13(3)8-15(14)19-6-7-20-16(4,5)11-19/h8,10,12,17H,6-7,9,11H2,1-5H3. The third kappa shape index (κ3) is 3.93. The van der Waals surface area contributed by atoms with Gasteiger partial charge < -0.3 is 15.0 Å². The van der Waals surface area contributed by atoms with Crippen molar-refractivity contribution in [3.05, 3.63) is 23.5 Å². The second-order valence-corrected chi connectivity index (χ2v) is 6.52. The van der Waals surface area contributed by atoms with E-state index >= 15 is 0 Å². The van der Waals surface area contributed by atoms with Gasteiger partial charge in [-0.05, 0) is 26.8 Å². The van der Waals surface area contributed by atoms with Crippen molar-refractivity contribution in [2.24, 2.45) is 0 Å². The average Bonchev–Trinajstić information content (AvgIpc) is 2.36. The van der Waals surface area contributed by atoms with Crippen molar-refractivity contribution in [2.75, 3.05) is 24.6 Å². The molecule has 0 aromatic carbocycles. The third-order valence-electron chi connectivity index (χ3n) is 3.57. The molecular weight excluding hydrogens is 250 g/mol. The molecule has 1 aliphatic heterocycles. The number of morpholine rings is 1. The van der Waals surface area contributed by atoms with Crippen LogP contribution in [-0.2, 0) is 11.3 Å². The number of nitrogens with one attached hydrogen (secondary N) is 1. The molecule has 0 atom stereocenters. The first kappa shape index (κ1) is 15.3. The van der Waals surface area contributed by atoms with Gasteiger partial charge in [-0.15, -0.1) is 0 Å². The number of nitrogens with zero attached hydrogens (tertiary/aromatic N) is 2. The highest BCUT2D eigenvalue weighted by Crippen LogP contribution is 2.26. The zero-order valence-electron chi connectivity index (χ0n) is 13.4. The Morgan fingerprint density at radius 1 is 1.45 bits per heavy atom. The molecule has 0 amide bonds. The summed E-state index contributed by atoms with van der Waals surface area (Å²) in [6.45, 7) is 14.2. The number of pyridine rings is 1. The largest absolute Gasteiger partial charge is 0.372 e. The molecule has 1 aromatic heterocycles. The zero-order valence-corrected chi connectivity index (χ0v) is 13.4. The Morgan fingerprint density at radius 3 is 2.85 bits per heavy atom. The SMILES string of the molecule is Cc1cc(N2CCOC(C)(C)C2)c(CNC(C)C)cn1. The average molecular weight is 277 g/mol. The van der Waals surface area contributed by atoms with Crippen LogP contribution in [0, 0.1) is 6.92 Å². The van der Waals surface area contributed by atoms with E-state index in [-0.39, 0.29) is 5.60 Å². The molecule has 0 aliphatic carbocycles. The van der Waals surface area contributed by atoms with Gasteiger partial charge >= 0.3 is 0 Å². The maximum absolute atomic E-state index is 5.81. The molecule has 4 heteroatoms. The molecule has 20 heavy (non-hydrogen) atoms. The maximum Gasteiger partial charge on any atom is 0.0801 e. The van der Waals surface area contributed by atoms with Crippen molar-refractivity contribution < 1.29 is 4.74 Å². The first-order valence-electron chi connectivity index (χ1n) is 7.45. The summed E-state index contributed by atoms with van der Waals surface area (Å²) >= 11 is 0. The van der Waals surface area contributed by atoms with Crippen LogP contribution in [0.2, 0.25) is 0 Å². The molecule has 112 valence electrons. The van der Waals surface area contributed by atoms with Gasteiger partial charge in [0, 0.05) is 48.8 Å². The van der Waals surface area contributed by atoms with Crippen LogP contribution < -0.4 is 10.2 Å². The highest BCUT2D eigenvalue weighted by molar-refractivity contribution is 5.54. The minimum absolute atomic E-state index is 0.0851. The van der Waals surface area contributed by atoms with E-state index in [0.717, 1.165) is 31.9 Å². The minimum Gasteiger partial charge on any atom is -0.372 e. The molecular formula is C16H27N3O. The van der Waals surface area contributed by atoms with Crippen molar-refractivity contribution in [1.82, 2.24) is 10.3 Å². The van der Waals surface area contributed by atoms with E-state index in [1.165, 1.54) is 11.3 Å². The summed E-state index contributed by atoms with van der Waals surface area (Å²) in [5, 5.41) is 3.48. The monoisotopic (exact) mass is 277 g/mol. The zero-order chi connectivity index (χ0) is 14.8. The van der Waals surface area contributed by atoms with Crippen molar-refractivity contribution in [2.45, 2.75) is 52.8 Å². The van der Waals surface area contributed by atoms with E-state index < -0.39 is 0 Å². The first-order valence-corrected chi connectivity index (χ1v) is 7.45. The van der Waals surface area contributed by atoms with E-state index in [0.29, 0.717) is 6.04 Å². The van der Waals surface area contributed by atoms with Crippen LogP contribution in [0.1, 0.15) is 39.0 Å². The van der Waals surface area contributed by atoms with Crippen molar-refractivity contribution >= 4 is 5.69 Å². The molecule has 0 unspecified atom stereocenters. The second kappa shape index (κ2) is 6.10. The molecule has 4 nitrogen and oxygen atoms in total. The summed E-state index contributed by atoms with van der Waals surface area (Å²) < 4.78 is 5.81.